The molecule has 114 valence electrons. The van der Waals surface area contributed by atoms with Gasteiger partial charge in [0, 0.05) is 0 Å². The predicted molar refractivity (Wildman–Crippen MR) is 82.4 cm³/mol. The van der Waals surface area contributed by atoms with Gasteiger partial charge in [-0.15, -0.1) is 0 Å². The third-order valence-corrected chi connectivity index (χ3v) is 3.01. The van der Waals surface area contributed by atoms with Crippen molar-refractivity contribution in [3.63, 3.8) is 0 Å². The molecule has 1 aromatic rings. The number of benzene rings is 1. The van der Waals surface area contributed by atoms with Gasteiger partial charge in [0.05, 0.1) is 29.9 Å². The molecule has 0 saturated carbocycles. The highest BCUT2D eigenvalue weighted by Crippen LogP contribution is 2.37. The van der Waals surface area contributed by atoms with Crippen LogP contribution in [0.5, 0.6) is 11.5 Å². The van der Waals surface area contributed by atoms with Crippen LogP contribution < -0.4 is 9.47 Å². The number of halogens is 1. The lowest BCUT2D eigenvalue weighted by Gasteiger charge is -2.20. The maximum atomic E-state index is 9.21. The van der Waals surface area contributed by atoms with Gasteiger partial charge in [-0.05, 0) is 61.3 Å². The normalized spacial score (nSPS) is 11.5. The van der Waals surface area contributed by atoms with Crippen molar-refractivity contribution in [2.24, 2.45) is 0 Å². The number of hydrogen-bond acceptors (Lipinski definition) is 4. The van der Waals surface area contributed by atoms with Gasteiger partial charge >= 0.3 is 0 Å². The molecule has 0 saturated heterocycles. The average molecular weight is 347 g/mol. The molecule has 0 radical (unpaired) electrons. The van der Waals surface area contributed by atoms with Crippen molar-refractivity contribution in [1.29, 1.82) is 0 Å². The van der Waals surface area contributed by atoms with E-state index in [1.807, 2.05) is 33.8 Å². The number of aliphatic hydroxyl groups is 1. The van der Waals surface area contributed by atoms with Gasteiger partial charge in [-0.25, -0.2) is 0 Å². The smallest absolute Gasteiger partial charge is 0.175 e. The zero-order valence-electron chi connectivity index (χ0n) is 12.5. The summed E-state index contributed by atoms with van der Waals surface area (Å²) in [5.74, 6) is 1.27. The van der Waals surface area contributed by atoms with E-state index in [1.54, 1.807) is 6.07 Å². The van der Waals surface area contributed by atoms with Crippen molar-refractivity contribution in [2.45, 2.75) is 39.9 Å². The summed E-state index contributed by atoms with van der Waals surface area (Å²) in [6.45, 7) is 9.37. The molecule has 0 atom stereocenters. The van der Waals surface area contributed by atoms with E-state index in [4.69, 9.17) is 14.2 Å². The topological polar surface area (TPSA) is 47.9 Å². The summed E-state index contributed by atoms with van der Waals surface area (Å²) in [7, 11) is 0. The maximum Gasteiger partial charge on any atom is 0.175 e. The van der Waals surface area contributed by atoms with E-state index < -0.39 is 0 Å². The minimum Gasteiger partial charge on any atom is -0.490 e. The van der Waals surface area contributed by atoms with Crippen molar-refractivity contribution < 1.29 is 19.3 Å². The Hall–Kier alpha value is -0.780. The first-order valence-corrected chi connectivity index (χ1v) is 7.49. The van der Waals surface area contributed by atoms with Crippen LogP contribution in [0.3, 0.4) is 0 Å². The highest BCUT2D eigenvalue weighted by molar-refractivity contribution is 9.10. The van der Waals surface area contributed by atoms with E-state index in [-0.39, 0.29) is 12.2 Å². The molecule has 5 heteroatoms. The molecule has 1 aromatic carbocycles. The van der Waals surface area contributed by atoms with Crippen LogP contribution in [0.15, 0.2) is 16.6 Å². The largest absolute Gasteiger partial charge is 0.490 e. The number of rotatable bonds is 7. The summed E-state index contributed by atoms with van der Waals surface area (Å²) < 4.78 is 17.7. The molecule has 0 aliphatic rings. The number of ether oxygens (including phenoxy) is 3. The Kier molecular flexibility index (Phi) is 6.79. The Balaban J connectivity index is 2.72. The summed E-state index contributed by atoms with van der Waals surface area (Å²) in [6.07, 6.45) is 0. The minimum atomic E-state index is -0.177. The van der Waals surface area contributed by atoms with Crippen molar-refractivity contribution in [3.8, 4) is 11.5 Å². The van der Waals surface area contributed by atoms with Gasteiger partial charge in [-0.2, -0.15) is 0 Å². The number of hydrogen-bond donors (Lipinski definition) is 1. The van der Waals surface area contributed by atoms with Crippen LogP contribution in [-0.2, 0) is 11.3 Å². The minimum absolute atomic E-state index is 0.0356. The molecule has 0 amide bonds. The average Bonchev–Trinajstić information content (AvgIpc) is 2.35. The SMILES string of the molecule is CCOc1cc(CO)cc(Br)c1OCCOC(C)(C)C. The lowest BCUT2D eigenvalue weighted by Crippen LogP contribution is -2.22. The third-order valence-electron chi connectivity index (χ3n) is 2.42. The molecule has 0 aromatic heterocycles. The molecule has 0 aliphatic carbocycles. The van der Waals surface area contributed by atoms with Crippen LogP contribution in [0, 0.1) is 0 Å². The zero-order valence-corrected chi connectivity index (χ0v) is 14.1. The van der Waals surface area contributed by atoms with Gasteiger partial charge in [-0.3, -0.25) is 0 Å². The lowest BCUT2D eigenvalue weighted by atomic mass is 10.2. The Morgan fingerprint density at radius 3 is 2.40 bits per heavy atom. The third kappa shape index (κ3) is 5.69. The molecular formula is C15H23BrO4. The first kappa shape index (κ1) is 17.3. The van der Waals surface area contributed by atoms with Gasteiger partial charge in [0.1, 0.15) is 6.61 Å². The highest BCUT2D eigenvalue weighted by Gasteiger charge is 2.13. The summed E-state index contributed by atoms with van der Waals surface area (Å²) in [5, 5.41) is 9.21. The van der Waals surface area contributed by atoms with Crippen LogP contribution in [0.4, 0.5) is 0 Å². The van der Waals surface area contributed by atoms with E-state index in [0.717, 1.165) is 10.0 Å². The quantitative estimate of drug-likeness (QED) is 0.767. The lowest BCUT2D eigenvalue weighted by molar-refractivity contribution is -0.0166. The van der Waals surface area contributed by atoms with Gasteiger partial charge < -0.3 is 19.3 Å². The molecule has 20 heavy (non-hydrogen) atoms. The monoisotopic (exact) mass is 346 g/mol. The fourth-order valence-electron chi connectivity index (χ4n) is 1.61. The van der Waals surface area contributed by atoms with Crippen molar-refractivity contribution in [3.05, 3.63) is 22.2 Å². The van der Waals surface area contributed by atoms with E-state index >= 15 is 0 Å². The molecule has 1 rings (SSSR count). The van der Waals surface area contributed by atoms with Crippen LogP contribution in [0.1, 0.15) is 33.3 Å². The molecule has 0 fully saturated rings. The summed E-state index contributed by atoms with van der Waals surface area (Å²) in [4.78, 5) is 0. The van der Waals surface area contributed by atoms with E-state index in [9.17, 15) is 5.11 Å². The fraction of sp³-hybridized carbons (Fsp3) is 0.600. The van der Waals surface area contributed by atoms with Crippen molar-refractivity contribution in [1.82, 2.24) is 0 Å². The second-order valence-electron chi connectivity index (χ2n) is 5.31. The molecule has 0 unspecified atom stereocenters. The van der Waals surface area contributed by atoms with Crippen molar-refractivity contribution in [2.75, 3.05) is 19.8 Å². The summed E-state index contributed by atoms with van der Waals surface area (Å²) in [5.41, 5.74) is 0.600. The highest BCUT2D eigenvalue weighted by atomic mass is 79.9. The van der Waals surface area contributed by atoms with Gasteiger partial charge in [-0.1, -0.05) is 0 Å². The zero-order chi connectivity index (χ0) is 15.2. The standard InChI is InChI=1S/C15H23BrO4/c1-5-18-13-9-11(10-17)8-12(16)14(13)19-6-7-20-15(2,3)4/h8-9,17H,5-7,10H2,1-4H3. The second kappa shape index (κ2) is 7.86. The molecule has 1 N–H and O–H groups in total. The molecule has 0 aliphatic heterocycles. The molecule has 0 bridgehead atoms. The maximum absolute atomic E-state index is 9.21. The Morgan fingerprint density at radius 1 is 1.15 bits per heavy atom. The van der Waals surface area contributed by atoms with Crippen molar-refractivity contribution >= 4 is 15.9 Å². The van der Waals surface area contributed by atoms with Crippen LogP contribution in [0.2, 0.25) is 0 Å². The van der Waals surface area contributed by atoms with Gasteiger partial charge in [0.15, 0.2) is 11.5 Å². The second-order valence-corrected chi connectivity index (χ2v) is 6.16. The van der Waals surface area contributed by atoms with E-state index in [0.29, 0.717) is 31.3 Å². The van der Waals surface area contributed by atoms with Gasteiger partial charge in [0.25, 0.3) is 0 Å². The van der Waals surface area contributed by atoms with Crippen LogP contribution >= 0.6 is 15.9 Å². The Bertz CT molecular complexity index is 427. The Morgan fingerprint density at radius 2 is 1.85 bits per heavy atom. The van der Waals surface area contributed by atoms with E-state index in [1.165, 1.54) is 0 Å². The van der Waals surface area contributed by atoms with Gasteiger partial charge in [0.2, 0.25) is 0 Å². The summed E-state index contributed by atoms with van der Waals surface area (Å²) in [6, 6.07) is 3.61. The number of aliphatic hydroxyl groups excluding tert-OH is 1. The molecule has 0 spiro atoms. The van der Waals surface area contributed by atoms with E-state index in [2.05, 4.69) is 15.9 Å². The molecule has 4 nitrogen and oxygen atoms in total. The first-order chi connectivity index (χ1) is 9.37. The molecular weight excluding hydrogens is 324 g/mol. The first-order valence-electron chi connectivity index (χ1n) is 6.70. The predicted octanol–water partition coefficient (Wildman–Crippen LogP) is 3.53. The summed E-state index contributed by atoms with van der Waals surface area (Å²) >= 11 is 3.44. The van der Waals surface area contributed by atoms with Crippen LogP contribution in [0.25, 0.3) is 0 Å². The van der Waals surface area contributed by atoms with Crippen LogP contribution in [-0.4, -0.2) is 30.5 Å². The Labute approximate surface area is 129 Å². The fourth-order valence-corrected chi connectivity index (χ4v) is 2.21. The molecule has 0 heterocycles.